The smallest absolute Gasteiger partial charge is 0.0596 e. The van der Waals surface area contributed by atoms with Gasteiger partial charge in [-0.1, -0.05) is 0 Å². The van der Waals surface area contributed by atoms with Crippen molar-refractivity contribution in [3.8, 4) is 0 Å². The van der Waals surface area contributed by atoms with Crippen LogP contribution in [-0.4, -0.2) is 35.6 Å². The molecule has 2 heterocycles. The molecule has 1 N–H and O–H groups in total. The molecule has 1 aliphatic rings. The first kappa shape index (κ1) is 13.6. The van der Waals surface area contributed by atoms with Crippen molar-refractivity contribution >= 4 is 0 Å². The molecule has 0 bridgehead atoms. The first-order valence-electron chi connectivity index (χ1n) is 6.99. The third-order valence-electron chi connectivity index (χ3n) is 3.80. The Morgan fingerprint density at radius 2 is 2.39 bits per heavy atom. The molecule has 0 amide bonds. The van der Waals surface area contributed by atoms with Crippen molar-refractivity contribution in [2.45, 2.75) is 46.2 Å². The van der Waals surface area contributed by atoms with Gasteiger partial charge in [0.2, 0.25) is 0 Å². The molecule has 0 radical (unpaired) electrons. The number of ether oxygens (including phenoxy) is 1. The topological polar surface area (TPSA) is 39.1 Å². The molecule has 1 aromatic rings. The summed E-state index contributed by atoms with van der Waals surface area (Å²) >= 11 is 0. The third-order valence-corrected chi connectivity index (χ3v) is 3.80. The highest BCUT2D eigenvalue weighted by Crippen LogP contribution is 2.17. The first-order valence-corrected chi connectivity index (χ1v) is 6.99. The predicted molar refractivity (Wildman–Crippen MR) is 72.7 cm³/mol. The Kier molecular flexibility index (Phi) is 4.78. The Hall–Kier alpha value is -0.870. The van der Waals surface area contributed by atoms with E-state index in [9.17, 15) is 0 Å². The number of nitrogens with zero attached hydrogens (tertiary/aromatic N) is 2. The van der Waals surface area contributed by atoms with Gasteiger partial charge in [0, 0.05) is 24.9 Å². The van der Waals surface area contributed by atoms with Crippen LogP contribution in [0.4, 0.5) is 0 Å². The Morgan fingerprint density at radius 3 is 3.00 bits per heavy atom. The third kappa shape index (κ3) is 3.56. The number of rotatable bonds is 5. The zero-order valence-electron chi connectivity index (χ0n) is 11.8. The van der Waals surface area contributed by atoms with Gasteiger partial charge in [0.25, 0.3) is 0 Å². The summed E-state index contributed by atoms with van der Waals surface area (Å²) in [6.45, 7) is 10.2. The van der Waals surface area contributed by atoms with Gasteiger partial charge < -0.3 is 10.1 Å². The minimum atomic E-state index is 0.530. The van der Waals surface area contributed by atoms with Crippen LogP contribution >= 0.6 is 0 Å². The standard InChI is InChI=1S/C14H25N3O/c1-11-9-12(2)17(16-11)7-6-15-13(3)14-5-4-8-18-10-14/h9,13-15H,4-8,10H2,1-3H3. The van der Waals surface area contributed by atoms with Crippen molar-refractivity contribution < 1.29 is 4.74 Å². The minimum absolute atomic E-state index is 0.530. The van der Waals surface area contributed by atoms with Crippen molar-refractivity contribution in [2.75, 3.05) is 19.8 Å². The van der Waals surface area contributed by atoms with Gasteiger partial charge in [-0.15, -0.1) is 0 Å². The molecule has 102 valence electrons. The van der Waals surface area contributed by atoms with Gasteiger partial charge in [-0.2, -0.15) is 5.10 Å². The Morgan fingerprint density at radius 1 is 1.56 bits per heavy atom. The Bertz CT molecular complexity index is 369. The molecule has 18 heavy (non-hydrogen) atoms. The summed E-state index contributed by atoms with van der Waals surface area (Å²) in [5.74, 6) is 0.666. The number of nitrogens with one attached hydrogen (secondary N) is 1. The molecule has 2 unspecified atom stereocenters. The molecule has 0 saturated carbocycles. The van der Waals surface area contributed by atoms with Crippen LogP contribution in [0.3, 0.4) is 0 Å². The van der Waals surface area contributed by atoms with Crippen molar-refractivity contribution in [1.82, 2.24) is 15.1 Å². The van der Waals surface area contributed by atoms with Crippen LogP contribution in [0.25, 0.3) is 0 Å². The van der Waals surface area contributed by atoms with Gasteiger partial charge in [-0.25, -0.2) is 0 Å². The van der Waals surface area contributed by atoms with E-state index >= 15 is 0 Å². The molecule has 0 aliphatic carbocycles. The first-order chi connectivity index (χ1) is 8.66. The van der Waals surface area contributed by atoms with Crippen LogP contribution in [-0.2, 0) is 11.3 Å². The van der Waals surface area contributed by atoms with Crippen LogP contribution in [0.1, 0.15) is 31.2 Å². The molecule has 2 rings (SSSR count). The highest BCUT2D eigenvalue weighted by Gasteiger charge is 2.19. The SMILES string of the molecule is Cc1cc(C)n(CCNC(C)C2CCCOC2)n1. The molecule has 0 spiro atoms. The van der Waals surface area contributed by atoms with E-state index in [2.05, 4.69) is 35.0 Å². The second-order valence-electron chi connectivity index (χ2n) is 5.37. The average molecular weight is 251 g/mol. The maximum absolute atomic E-state index is 5.53. The highest BCUT2D eigenvalue weighted by molar-refractivity contribution is 5.06. The lowest BCUT2D eigenvalue weighted by atomic mass is 9.95. The maximum Gasteiger partial charge on any atom is 0.0596 e. The average Bonchev–Trinajstić information content (AvgIpc) is 2.69. The van der Waals surface area contributed by atoms with E-state index < -0.39 is 0 Å². The second-order valence-corrected chi connectivity index (χ2v) is 5.37. The van der Waals surface area contributed by atoms with Crippen molar-refractivity contribution in [1.29, 1.82) is 0 Å². The molecule has 2 atom stereocenters. The summed E-state index contributed by atoms with van der Waals surface area (Å²) in [6.07, 6.45) is 2.49. The van der Waals surface area contributed by atoms with Gasteiger partial charge >= 0.3 is 0 Å². The van der Waals surface area contributed by atoms with Crippen LogP contribution in [0.5, 0.6) is 0 Å². The summed E-state index contributed by atoms with van der Waals surface area (Å²) in [5, 5.41) is 8.07. The highest BCUT2D eigenvalue weighted by atomic mass is 16.5. The summed E-state index contributed by atoms with van der Waals surface area (Å²) < 4.78 is 7.61. The molecule has 4 nitrogen and oxygen atoms in total. The van der Waals surface area contributed by atoms with E-state index in [-0.39, 0.29) is 0 Å². The molecular formula is C14H25N3O. The molecular weight excluding hydrogens is 226 g/mol. The van der Waals surface area contributed by atoms with E-state index in [4.69, 9.17) is 4.74 Å². The fourth-order valence-corrected chi connectivity index (χ4v) is 2.63. The zero-order valence-corrected chi connectivity index (χ0v) is 11.8. The van der Waals surface area contributed by atoms with Crippen molar-refractivity contribution in [3.05, 3.63) is 17.5 Å². The zero-order chi connectivity index (χ0) is 13.0. The number of hydrogen-bond donors (Lipinski definition) is 1. The Labute approximate surface area is 110 Å². The second kappa shape index (κ2) is 6.34. The molecule has 1 fully saturated rings. The van der Waals surface area contributed by atoms with Gasteiger partial charge in [0.1, 0.15) is 0 Å². The molecule has 4 heteroatoms. The number of hydrogen-bond acceptors (Lipinski definition) is 3. The molecule has 1 aromatic heterocycles. The summed E-state index contributed by atoms with van der Waals surface area (Å²) in [4.78, 5) is 0. The van der Waals surface area contributed by atoms with E-state index in [0.717, 1.165) is 32.0 Å². The van der Waals surface area contributed by atoms with E-state index in [1.165, 1.54) is 18.5 Å². The van der Waals surface area contributed by atoms with E-state index in [1.807, 2.05) is 6.92 Å². The van der Waals surface area contributed by atoms with Crippen LogP contribution in [0, 0.1) is 19.8 Å². The predicted octanol–water partition coefficient (Wildman–Crippen LogP) is 1.90. The fourth-order valence-electron chi connectivity index (χ4n) is 2.63. The van der Waals surface area contributed by atoms with Crippen molar-refractivity contribution in [2.24, 2.45) is 5.92 Å². The lowest BCUT2D eigenvalue weighted by Gasteiger charge is -2.28. The summed E-state index contributed by atoms with van der Waals surface area (Å²) in [5.41, 5.74) is 2.34. The molecule has 1 saturated heterocycles. The van der Waals surface area contributed by atoms with Crippen LogP contribution < -0.4 is 5.32 Å². The monoisotopic (exact) mass is 251 g/mol. The van der Waals surface area contributed by atoms with Gasteiger partial charge in [0.05, 0.1) is 18.8 Å². The largest absolute Gasteiger partial charge is 0.381 e. The minimum Gasteiger partial charge on any atom is -0.381 e. The lowest BCUT2D eigenvalue weighted by molar-refractivity contribution is 0.0419. The quantitative estimate of drug-likeness (QED) is 0.869. The van der Waals surface area contributed by atoms with Gasteiger partial charge in [-0.05, 0) is 45.6 Å². The number of aryl methyl sites for hydroxylation is 2. The van der Waals surface area contributed by atoms with E-state index in [1.54, 1.807) is 0 Å². The Balaban J connectivity index is 1.72. The van der Waals surface area contributed by atoms with E-state index in [0.29, 0.717) is 12.0 Å². The molecule has 0 aromatic carbocycles. The van der Waals surface area contributed by atoms with Crippen molar-refractivity contribution in [3.63, 3.8) is 0 Å². The normalized spacial score (nSPS) is 22.1. The molecule has 1 aliphatic heterocycles. The lowest BCUT2D eigenvalue weighted by Crippen LogP contribution is -2.39. The fraction of sp³-hybridized carbons (Fsp3) is 0.786. The maximum atomic E-state index is 5.53. The van der Waals surface area contributed by atoms with Gasteiger partial charge in [0.15, 0.2) is 0 Å². The van der Waals surface area contributed by atoms with Gasteiger partial charge in [-0.3, -0.25) is 4.68 Å². The summed E-state index contributed by atoms with van der Waals surface area (Å²) in [6, 6.07) is 2.65. The van der Waals surface area contributed by atoms with Crippen LogP contribution in [0.2, 0.25) is 0 Å². The summed E-state index contributed by atoms with van der Waals surface area (Å²) in [7, 11) is 0. The van der Waals surface area contributed by atoms with Crippen LogP contribution in [0.15, 0.2) is 6.07 Å². The number of aromatic nitrogens is 2.